The SMILES string of the molecule is CC1=CCCN(C(=O)OCO)C1. The number of carbonyl (C=O) groups excluding carboxylic acids is 1. The fourth-order valence-electron chi connectivity index (χ4n) is 1.21. The van der Waals surface area contributed by atoms with E-state index in [1.165, 1.54) is 0 Å². The van der Waals surface area contributed by atoms with Gasteiger partial charge in [0.2, 0.25) is 0 Å². The van der Waals surface area contributed by atoms with Gasteiger partial charge in [0.25, 0.3) is 0 Å². The molecule has 12 heavy (non-hydrogen) atoms. The average Bonchev–Trinajstić information content (AvgIpc) is 2.05. The summed E-state index contributed by atoms with van der Waals surface area (Å²) in [5.74, 6) is 0. The molecule has 1 aliphatic heterocycles. The van der Waals surface area contributed by atoms with Crippen LogP contribution in [0.4, 0.5) is 4.79 Å². The zero-order valence-electron chi connectivity index (χ0n) is 7.12. The Hall–Kier alpha value is -1.03. The monoisotopic (exact) mass is 171 g/mol. The lowest BCUT2D eigenvalue weighted by molar-refractivity contribution is 0.0231. The maximum atomic E-state index is 11.1. The van der Waals surface area contributed by atoms with Crippen LogP contribution in [0.1, 0.15) is 13.3 Å². The van der Waals surface area contributed by atoms with Gasteiger partial charge < -0.3 is 14.7 Å². The van der Waals surface area contributed by atoms with Gasteiger partial charge in [0.05, 0.1) is 0 Å². The second kappa shape index (κ2) is 4.11. The Morgan fingerprint density at radius 2 is 2.58 bits per heavy atom. The first-order valence-corrected chi connectivity index (χ1v) is 3.92. The molecule has 0 unspecified atom stereocenters. The van der Waals surface area contributed by atoms with Crippen LogP contribution in [0.3, 0.4) is 0 Å². The van der Waals surface area contributed by atoms with E-state index in [0.29, 0.717) is 13.1 Å². The van der Waals surface area contributed by atoms with Crippen LogP contribution in [0, 0.1) is 0 Å². The van der Waals surface area contributed by atoms with Crippen molar-refractivity contribution >= 4 is 6.09 Å². The third kappa shape index (κ3) is 2.23. The van der Waals surface area contributed by atoms with E-state index in [-0.39, 0.29) is 0 Å². The molecule has 1 rings (SSSR count). The molecule has 1 amide bonds. The highest BCUT2D eigenvalue weighted by atomic mass is 16.6. The maximum Gasteiger partial charge on any atom is 0.412 e. The van der Waals surface area contributed by atoms with E-state index in [1.54, 1.807) is 4.90 Å². The summed E-state index contributed by atoms with van der Waals surface area (Å²) in [5.41, 5.74) is 1.16. The molecule has 0 fully saturated rings. The van der Waals surface area contributed by atoms with Crippen molar-refractivity contribution in [3.8, 4) is 0 Å². The van der Waals surface area contributed by atoms with E-state index >= 15 is 0 Å². The van der Waals surface area contributed by atoms with Crippen LogP contribution >= 0.6 is 0 Å². The van der Waals surface area contributed by atoms with E-state index < -0.39 is 12.9 Å². The first kappa shape index (κ1) is 9.06. The molecule has 0 saturated carbocycles. The molecular weight excluding hydrogens is 158 g/mol. The van der Waals surface area contributed by atoms with E-state index in [9.17, 15) is 4.79 Å². The van der Waals surface area contributed by atoms with Crippen LogP contribution in [-0.2, 0) is 4.74 Å². The fourth-order valence-corrected chi connectivity index (χ4v) is 1.21. The minimum Gasteiger partial charge on any atom is -0.422 e. The molecular formula is C8H13NO3. The van der Waals surface area contributed by atoms with Gasteiger partial charge in [-0.25, -0.2) is 4.79 Å². The highest BCUT2D eigenvalue weighted by Gasteiger charge is 2.16. The second-order valence-corrected chi connectivity index (χ2v) is 2.80. The molecule has 0 spiro atoms. The summed E-state index contributed by atoms with van der Waals surface area (Å²) in [7, 11) is 0. The number of aliphatic hydroxyl groups excluding tert-OH is 1. The Morgan fingerprint density at radius 3 is 3.17 bits per heavy atom. The van der Waals surface area contributed by atoms with Crippen molar-refractivity contribution < 1.29 is 14.6 Å². The lowest BCUT2D eigenvalue weighted by atomic mass is 10.1. The van der Waals surface area contributed by atoms with Crippen LogP contribution in [0.2, 0.25) is 0 Å². The molecule has 4 nitrogen and oxygen atoms in total. The number of amides is 1. The van der Waals surface area contributed by atoms with Crippen molar-refractivity contribution in [3.63, 3.8) is 0 Å². The van der Waals surface area contributed by atoms with Gasteiger partial charge in [-0.05, 0) is 13.3 Å². The van der Waals surface area contributed by atoms with Crippen LogP contribution in [0.5, 0.6) is 0 Å². The van der Waals surface area contributed by atoms with Crippen molar-refractivity contribution in [2.24, 2.45) is 0 Å². The van der Waals surface area contributed by atoms with E-state index in [4.69, 9.17) is 5.11 Å². The number of nitrogens with zero attached hydrogens (tertiary/aromatic N) is 1. The maximum absolute atomic E-state index is 11.1. The van der Waals surface area contributed by atoms with Crippen molar-refractivity contribution in [1.29, 1.82) is 0 Å². The third-order valence-corrected chi connectivity index (χ3v) is 1.78. The Bertz CT molecular complexity index is 200. The highest BCUT2D eigenvalue weighted by Crippen LogP contribution is 2.09. The van der Waals surface area contributed by atoms with Gasteiger partial charge >= 0.3 is 6.09 Å². The lowest BCUT2D eigenvalue weighted by Crippen LogP contribution is -2.35. The molecule has 0 saturated heterocycles. The normalized spacial score (nSPS) is 17.2. The molecule has 0 aromatic rings. The molecule has 1 N–H and O–H groups in total. The number of hydrogen-bond acceptors (Lipinski definition) is 3. The number of carbonyl (C=O) groups is 1. The average molecular weight is 171 g/mol. The lowest BCUT2D eigenvalue weighted by Gasteiger charge is -2.24. The molecule has 4 heteroatoms. The first-order chi connectivity index (χ1) is 5.74. The smallest absolute Gasteiger partial charge is 0.412 e. The van der Waals surface area contributed by atoms with Crippen molar-refractivity contribution in [3.05, 3.63) is 11.6 Å². The zero-order valence-corrected chi connectivity index (χ0v) is 7.12. The molecule has 1 heterocycles. The van der Waals surface area contributed by atoms with E-state index in [0.717, 1.165) is 12.0 Å². The Labute approximate surface area is 71.4 Å². The topological polar surface area (TPSA) is 49.8 Å². The molecule has 0 bridgehead atoms. The largest absolute Gasteiger partial charge is 0.422 e. The minimum atomic E-state index is -0.544. The number of rotatable bonds is 1. The third-order valence-electron chi connectivity index (χ3n) is 1.78. The number of ether oxygens (including phenoxy) is 1. The van der Waals surface area contributed by atoms with Crippen LogP contribution in [0.15, 0.2) is 11.6 Å². The standard InChI is InChI=1S/C8H13NO3/c1-7-3-2-4-9(5-7)8(11)12-6-10/h3,10H,2,4-6H2,1H3. The van der Waals surface area contributed by atoms with Gasteiger partial charge in [-0.15, -0.1) is 0 Å². The fraction of sp³-hybridized carbons (Fsp3) is 0.625. The summed E-state index contributed by atoms with van der Waals surface area (Å²) < 4.78 is 4.44. The zero-order chi connectivity index (χ0) is 8.97. The van der Waals surface area contributed by atoms with E-state index in [1.807, 2.05) is 6.92 Å². The quantitative estimate of drug-likeness (QED) is 0.467. The predicted octanol–water partition coefficient (Wildman–Crippen LogP) is 0.725. The van der Waals surface area contributed by atoms with Gasteiger partial charge in [-0.2, -0.15) is 0 Å². The van der Waals surface area contributed by atoms with Gasteiger partial charge in [-0.1, -0.05) is 11.6 Å². The van der Waals surface area contributed by atoms with Crippen LogP contribution in [0.25, 0.3) is 0 Å². The predicted molar refractivity (Wildman–Crippen MR) is 43.5 cm³/mol. The second-order valence-electron chi connectivity index (χ2n) is 2.80. The minimum absolute atomic E-state index is 0.440. The first-order valence-electron chi connectivity index (χ1n) is 3.92. The van der Waals surface area contributed by atoms with Gasteiger partial charge in [0.15, 0.2) is 6.79 Å². The van der Waals surface area contributed by atoms with Crippen molar-refractivity contribution in [1.82, 2.24) is 4.90 Å². The van der Waals surface area contributed by atoms with Crippen LogP contribution < -0.4 is 0 Å². The Morgan fingerprint density at radius 1 is 1.83 bits per heavy atom. The molecule has 1 aliphatic rings. The summed E-state index contributed by atoms with van der Waals surface area (Å²) in [5, 5.41) is 8.35. The molecule has 0 aromatic carbocycles. The molecule has 0 atom stereocenters. The van der Waals surface area contributed by atoms with Gasteiger partial charge in [0, 0.05) is 13.1 Å². The molecule has 0 aromatic heterocycles. The van der Waals surface area contributed by atoms with Gasteiger partial charge in [0.1, 0.15) is 0 Å². The number of hydrogen-bond donors (Lipinski definition) is 1. The van der Waals surface area contributed by atoms with Crippen molar-refractivity contribution in [2.45, 2.75) is 13.3 Å². The Balaban J connectivity index is 2.43. The summed E-state index contributed by atoms with van der Waals surface area (Å²) in [6, 6.07) is 0. The van der Waals surface area contributed by atoms with Gasteiger partial charge in [-0.3, -0.25) is 0 Å². The van der Waals surface area contributed by atoms with Crippen LogP contribution in [-0.4, -0.2) is 36.0 Å². The number of aliphatic hydroxyl groups is 1. The molecule has 0 aliphatic carbocycles. The van der Waals surface area contributed by atoms with E-state index in [2.05, 4.69) is 10.8 Å². The molecule has 0 radical (unpaired) electrons. The highest BCUT2D eigenvalue weighted by molar-refractivity contribution is 5.68. The van der Waals surface area contributed by atoms with Crippen molar-refractivity contribution in [2.75, 3.05) is 19.9 Å². The summed E-state index contributed by atoms with van der Waals surface area (Å²) in [6.45, 7) is 2.71. The summed E-state index contributed by atoms with van der Waals surface area (Å²) in [4.78, 5) is 12.6. The Kier molecular flexibility index (Phi) is 3.10. The molecule has 68 valence electrons. The summed E-state index contributed by atoms with van der Waals surface area (Å²) in [6.07, 6.45) is 2.53. The summed E-state index contributed by atoms with van der Waals surface area (Å²) >= 11 is 0.